The molecule has 0 saturated carbocycles. The van der Waals surface area contributed by atoms with Crippen LogP contribution in [0.5, 0.6) is 0 Å². The van der Waals surface area contributed by atoms with Gasteiger partial charge in [0.05, 0.1) is 22.6 Å². The molecule has 1 N–H and O–H groups in total. The highest BCUT2D eigenvalue weighted by Crippen LogP contribution is 2.21. The Labute approximate surface area is 212 Å². The number of hydrogen-bond donors (Lipinski definition) is 1. The van der Waals surface area contributed by atoms with Crippen molar-refractivity contribution in [2.45, 2.75) is 18.4 Å². The Hall–Kier alpha value is -3.31. The lowest BCUT2D eigenvalue weighted by atomic mass is 10.2. The second-order valence-corrected chi connectivity index (χ2v) is 10.3. The number of benzene rings is 3. The molecule has 0 saturated heterocycles. The third-order valence-electron chi connectivity index (χ3n) is 4.83. The van der Waals surface area contributed by atoms with E-state index in [0.29, 0.717) is 10.6 Å². The van der Waals surface area contributed by atoms with Crippen LogP contribution in [0.4, 0.5) is 5.69 Å². The highest BCUT2D eigenvalue weighted by Gasteiger charge is 2.27. The Morgan fingerprint density at radius 2 is 1.74 bits per heavy atom. The van der Waals surface area contributed by atoms with E-state index in [2.05, 4.69) is 10.5 Å². The number of carbonyl (C=O) groups excluding carboxylic acids is 1. The lowest BCUT2D eigenvalue weighted by Crippen LogP contribution is -2.39. The van der Waals surface area contributed by atoms with Gasteiger partial charge in [0.25, 0.3) is 11.6 Å². The third kappa shape index (κ3) is 7.09. The zero-order chi connectivity index (χ0) is 25.6. The molecule has 0 spiro atoms. The van der Waals surface area contributed by atoms with Crippen molar-refractivity contribution in [1.29, 1.82) is 0 Å². The van der Waals surface area contributed by atoms with Crippen molar-refractivity contribution in [1.82, 2.24) is 9.73 Å². The summed E-state index contributed by atoms with van der Waals surface area (Å²) in [6.45, 7) is 1.22. The van der Waals surface area contributed by atoms with E-state index < -0.39 is 27.4 Å². The summed E-state index contributed by atoms with van der Waals surface area (Å²) in [5, 5.41) is 15.4. The fourth-order valence-electron chi connectivity index (χ4n) is 2.99. The first kappa shape index (κ1) is 26.3. The summed E-state index contributed by atoms with van der Waals surface area (Å²) in [6.07, 6.45) is 1.14. The van der Waals surface area contributed by atoms with Gasteiger partial charge in [-0.3, -0.25) is 14.9 Å². The maximum atomic E-state index is 13.3. The number of carbonyl (C=O) groups is 1. The lowest BCUT2D eigenvalue weighted by Gasteiger charge is -2.21. The Morgan fingerprint density at radius 1 is 1.09 bits per heavy atom. The van der Waals surface area contributed by atoms with Gasteiger partial charge in [-0.25, -0.2) is 13.8 Å². The van der Waals surface area contributed by atoms with Crippen molar-refractivity contribution in [2.24, 2.45) is 5.10 Å². The summed E-state index contributed by atoms with van der Waals surface area (Å²) >= 11 is 11.9. The summed E-state index contributed by atoms with van der Waals surface area (Å²) in [5.41, 5.74) is 3.78. The van der Waals surface area contributed by atoms with E-state index in [4.69, 9.17) is 23.2 Å². The Morgan fingerprint density at radius 3 is 2.37 bits per heavy atom. The maximum Gasteiger partial charge on any atom is 0.270 e. The van der Waals surface area contributed by atoms with Gasteiger partial charge in [0, 0.05) is 34.3 Å². The van der Waals surface area contributed by atoms with E-state index in [0.717, 1.165) is 16.1 Å². The molecular formula is C23H20Cl2N4O5S. The predicted octanol–water partition coefficient (Wildman–Crippen LogP) is 4.55. The van der Waals surface area contributed by atoms with Crippen LogP contribution in [0.15, 0.2) is 76.7 Å². The molecule has 0 aliphatic carbocycles. The second-order valence-electron chi connectivity index (χ2n) is 7.47. The first-order valence-corrected chi connectivity index (χ1v) is 12.3. The van der Waals surface area contributed by atoms with Crippen LogP contribution in [0.1, 0.15) is 16.7 Å². The normalized spacial score (nSPS) is 11.7. The minimum atomic E-state index is -4.03. The molecule has 3 aromatic carbocycles. The van der Waals surface area contributed by atoms with Gasteiger partial charge in [-0.15, -0.1) is 0 Å². The van der Waals surface area contributed by atoms with Crippen LogP contribution >= 0.6 is 23.2 Å². The van der Waals surface area contributed by atoms with Crippen molar-refractivity contribution in [3.63, 3.8) is 0 Å². The number of sulfonamides is 1. The predicted molar refractivity (Wildman–Crippen MR) is 134 cm³/mol. The van der Waals surface area contributed by atoms with E-state index in [1.165, 1.54) is 30.3 Å². The number of rotatable bonds is 9. The summed E-state index contributed by atoms with van der Waals surface area (Å²) in [7, 11) is -4.03. The van der Waals surface area contributed by atoms with Gasteiger partial charge in [-0.2, -0.15) is 9.41 Å². The van der Waals surface area contributed by atoms with Gasteiger partial charge < -0.3 is 0 Å². The van der Waals surface area contributed by atoms with Crippen LogP contribution < -0.4 is 5.43 Å². The first-order chi connectivity index (χ1) is 16.6. The second kappa shape index (κ2) is 11.4. The molecule has 0 aromatic heterocycles. The molecule has 0 bridgehead atoms. The quantitative estimate of drug-likeness (QED) is 0.245. The van der Waals surface area contributed by atoms with Crippen LogP contribution in [0, 0.1) is 17.0 Å². The molecule has 0 heterocycles. The number of nitro benzene ring substituents is 1. The number of amides is 1. The van der Waals surface area contributed by atoms with Crippen LogP contribution in [0.25, 0.3) is 0 Å². The van der Waals surface area contributed by atoms with Gasteiger partial charge in [0.1, 0.15) is 0 Å². The molecule has 0 atom stereocenters. The highest BCUT2D eigenvalue weighted by molar-refractivity contribution is 7.89. The average Bonchev–Trinajstić information content (AvgIpc) is 2.81. The van der Waals surface area contributed by atoms with Gasteiger partial charge in [-0.1, -0.05) is 53.0 Å². The van der Waals surface area contributed by atoms with E-state index in [9.17, 15) is 23.3 Å². The van der Waals surface area contributed by atoms with Crippen LogP contribution in [0.2, 0.25) is 10.0 Å². The fourth-order valence-corrected chi connectivity index (χ4v) is 4.67. The summed E-state index contributed by atoms with van der Waals surface area (Å²) in [4.78, 5) is 23.0. The number of hydrogen-bond acceptors (Lipinski definition) is 6. The number of nitro groups is 1. The van der Waals surface area contributed by atoms with Crippen molar-refractivity contribution in [3.8, 4) is 0 Å². The molecule has 0 fully saturated rings. The van der Waals surface area contributed by atoms with Crippen LogP contribution in [-0.2, 0) is 21.4 Å². The Kier molecular flexibility index (Phi) is 8.57. The molecule has 35 heavy (non-hydrogen) atoms. The topological polar surface area (TPSA) is 122 Å². The summed E-state index contributed by atoms with van der Waals surface area (Å²) in [6, 6.07) is 16.6. The Balaban J connectivity index is 1.80. The van der Waals surface area contributed by atoms with Crippen LogP contribution in [0.3, 0.4) is 0 Å². The molecule has 3 aromatic rings. The monoisotopic (exact) mass is 534 g/mol. The van der Waals surface area contributed by atoms with Crippen molar-refractivity contribution in [2.75, 3.05) is 6.54 Å². The number of non-ortho nitro benzene ring substituents is 1. The lowest BCUT2D eigenvalue weighted by molar-refractivity contribution is -0.384. The average molecular weight is 535 g/mol. The smallest absolute Gasteiger partial charge is 0.270 e. The standard InChI is InChI=1S/C23H20Cl2N4O5S/c1-16-2-9-21(10-3-16)35(33,34)28(14-17-4-6-19(24)7-5-17)15-23(30)27-26-13-18-12-20(29(31)32)8-11-22(18)25/h2-13H,14-15H2,1H3,(H,27,30)/b26-13-. The van der Waals surface area contributed by atoms with Crippen LogP contribution in [-0.4, -0.2) is 36.3 Å². The van der Waals surface area contributed by atoms with Gasteiger partial charge >= 0.3 is 0 Å². The molecule has 0 unspecified atom stereocenters. The fraction of sp³-hybridized carbons (Fsp3) is 0.130. The van der Waals surface area contributed by atoms with E-state index in [-0.39, 0.29) is 27.7 Å². The van der Waals surface area contributed by atoms with Gasteiger partial charge in [-0.05, 0) is 42.8 Å². The SMILES string of the molecule is Cc1ccc(S(=O)(=O)N(CC(=O)N/N=C\c2cc([N+](=O)[O-])ccc2Cl)Cc2ccc(Cl)cc2)cc1. The van der Waals surface area contributed by atoms with Gasteiger partial charge in [0.2, 0.25) is 10.0 Å². The van der Waals surface area contributed by atoms with Crippen molar-refractivity contribution >= 4 is 51.0 Å². The summed E-state index contributed by atoms with van der Waals surface area (Å²) < 4.78 is 27.6. The van der Waals surface area contributed by atoms with Crippen molar-refractivity contribution < 1.29 is 18.1 Å². The largest absolute Gasteiger partial charge is 0.272 e. The molecule has 1 amide bonds. The third-order valence-corrected chi connectivity index (χ3v) is 7.24. The molecular weight excluding hydrogens is 515 g/mol. The molecule has 0 radical (unpaired) electrons. The zero-order valence-electron chi connectivity index (χ0n) is 18.4. The molecule has 0 aliphatic rings. The number of nitrogens with one attached hydrogen (secondary N) is 1. The minimum absolute atomic E-state index is 0.0386. The number of nitrogens with zero attached hydrogens (tertiary/aromatic N) is 3. The number of halogens is 2. The molecule has 0 aliphatic heterocycles. The summed E-state index contributed by atoms with van der Waals surface area (Å²) in [5.74, 6) is -0.715. The van der Waals surface area contributed by atoms with Crippen molar-refractivity contribution in [3.05, 3.63) is 104 Å². The molecule has 12 heteroatoms. The Bertz CT molecular complexity index is 1360. The maximum absolute atomic E-state index is 13.3. The molecule has 3 rings (SSSR count). The van der Waals surface area contributed by atoms with Gasteiger partial charge in [0.15, 0.2) is 0 Å². The highest BCUT2D eigenvalue weighted by atomic mass is 35.5. The minimum Gasteiger partial charge on any atom is -0.272 e. The van der Waals surface area contributed by atoms with E-state index in [1.807, 2.05) is 6.92 Å². The molecule has 9 nitrogen and oxygen atoms in total. The zero-order valence-corrected chi connectivity index (χ0v) is 20.7. The number of hydrazone groups is 1. The number of aryl methyl sites for hydroxylation is 1. The van der Waals surface area contributed by atoms with E-state index >= 15 is 0 Å². The molecule has 182 valence electrons. The van der Waals surface area contributed by atoms with E-state index in [1.54, 1.807) is 36.4 Å². The first-order valence-electron chi connectivity index (χ1n) is 10.1.